The maximum atomic E-state index is 11.0. The van der Waals surface area contributed by atoms with Crippen molar-refractivity contribution in [3.63, 3.8) is 0 Å². The van der Waals surface area contributed by atoms with E-state index in [9.17, 15) is 4.79 Å². The van der Waals surface area contributed by atoms with Gasteiger partial charge in [-0.3, -0.25) is 4.79 Å². The number of benzene rings is 2. The molecule has 0 saturated carbocycles. The Morgan fingerprint density at radius 2 is 1.57 bits per heavy atom. The van der Waals surface area contributed by atoms with Gasteiger partial charge in [0, 0.05) is 17.8 Å². The van der Waals surface area contributed by atoms with Gasteiger partial charge in [0.2, 0.25) is 5.91 Å². The number of anilines is 1. The van der Waals surface area contributed by atoms with Gasteiger partial charge in [-0.15, -0.1) is 0 Å². The predicted molar refractivity (Wildman–Crippen MR) is 87.3 cm³/mol. The number of carbonyl (C=O) groups is 1. The van der Waals surface area contributed by atoms with Crippen LogP contribution in [0.3, 0.4) is 0 Å². The summed E-state index contributed by atoms with van der Waals surface area (Å²) in [6.45, 7) is 5.22. The molecule has 0 fully saturated rings. The molecule has 3 nitrogen and oxygen atoms in total. The average Bonchev–Trinajstić information content (AvgIpc) is 2.46. The lowest BCUT2D eigenvalue weighted by molar-refractivity contribution is 0.100. The van der Waals surface area contributed by atoms with Crippen LogP contribution in [0.4, 0.5) is 5.69 Å². The summed E-state index contributed by atoms with van der Waals surface area (Å²) in [6, 6.07) is 15.9. The van der Waals surface area contributed by atoms with Crippen molar-refractivity contribution in [2.45, 2.75) is 26.8 Å². The zero-order valence-electron chi connectivity index (χ0n) is 12.6. The number of hydrogen-bond acceptors (Lipinski definition) is 2. The molecular weight excluding hydrogens is 260 g/mol. The Bertz CT molecular complexity index is 586. The van der Waals surface area contributed by atoms with Gasteiger partial charge < -0.3 is 11.1 Å². The fourth-order valence-corrected chi connectivity index (χ4v) is 2.22. The van der Waals surface area contributed by atoms with E-state index in [1.165, 1.54) is 11.1 Å². The summed E-state index contributed by atoms with van der Waals surface area (Å²) in [5.74, 6) is 0.278. The number of rotatable bonds is 6. The lowest BCUT2D eigenvalue weighted by atomic mass is 10.0. The fourth-order valence-electron chi connectivity index (χ4n) is 2.22. The Balaban J connectivity index is 1.91. The zero-order valence-corrected chi connectivity index (χ0v) is 12.6. The molecule has 0 atom stereocenters. The third kappa shape index (κ3) is 4.63. The molecule has 1 amide bonds. The van der Waals surface area contributed by atoms with Crippen molar-refractivity contribution in [3.8, 4) is 0 Å². The number of carbonyl (C=O) groups excluding carboxylic acids is 1. The first-order chi connectivity index (χ1) is 10.0. The normalized spacial score (nSPS) is 10.6. The van der Waals surface area contributed by atoms with E-state index in [1.807, 2.05) is 12.1 Å². The predicted octanol–water partition coefficient (Wildman–Crippen LogP) is 3.60. The van der Waals surface area contributed by atoms with Crippen molar-refractivity contribution in [1.82, 2.24) is 0 Å². The Labute approximate surface area is 126 Å². The number of primary amides is 1. The van der Waals surface area contributed by atoms with Gasteiger partial charge >= 0.3 is 0 Å². The highest BCUT2D eigenvalue weighted by Crippen LogP contribution is 2.13. The van der Waals surface area contributed by atoms with E-state index in [-0.39, 0.29) is 0 Å². The molecule has 110 valence electrons. The molecule has 2 rings (SSSR count). The van der Waals surface area contributed by atoms with Crippen molar-refractivity contribution >= 4 is 11.6 Å². The molecule has 0 heterocycles. The van der Waals surface area contributed by atoms with Gasteiger partial charge in [0.15, 0.2) is 0 Å². The van der Waals surface area contributed by atoms with Gasteiger partial charge in [-0.05, 0) is 47.7 Å². The highest BCUT2D eigenvalue weighted by molar-refractivity contribution is 5.93. The van der Waals surface area contributed by atoms with E-state index in [4.69, 9.17) is 5.73 Å². The van der Waals surface area contributed by atoms with E-state index in [1.54, 1.807) is 12.1 Å². The van der Waals surface area contributed by atoms with Gasteiger partial charge in [-0.25, -0.2) is 0 Å². The largest absolute Gasteiger partial charge is 0.381 e. The first-order valence-corrected chi connectivity index (χ1v) is 7.26. The van der Waals surface area contributed by atoms with Gasteiger partial charge in [-0.2, -0.15) is 0 Å². The van der Waals surface area contributed by atoms with Crippen LogP contribution in [0.2, 0.25) is 0 Å². The van der Waals surface area contributed by atoms with Crippen molar-refractivity contribution in [2.75, 3.05) is 5.32 Å². The highest BCUT2D eigenvalue weighted by atomic mass is 16.1. The van der Waals surface area contributed by atoms with Crippen LogP contribution in [-0.4, -0.2) is 5.91 Å². The number of amides is 1. The van der Waals surface area contributed by atoms with E-state index < -0.39 is 5.91 Å². The summed E-state index contributed by atoms with van der Waals surface area (Å²) >= 11 is 0. The molecule has 0 spiro atoms. The Morgan fingerprint density at radius 3 is 2.10 bits per heavy atom. The molecule has 3 N–H and O–H groups in total. The lowest BCUT2D eigenvalue weighted by Gasteiger charge is -2.09. The lowest BCUT2D eigenvalue weighted by Crippen LogP contribution is -2.10. The van der Waals surface area contributed by atoms with Crippen LogP contribution in [-0.2, 0) is 13.0 Å². The van der Waals surface area contributed by atoms with Crippen LogP contribution in [0.25, 0.3) is 0 Å². The van der Waals surface area contributed by atoms with Crippen LogP contribution in [0.1, 0.15) is 35.3 Å². The van der Waals surface area contributed by atoms with Gasteiger partial charge in [0.25, 0.3) is 0 Å². The molecule has 21 heavy (non-hydrogen) atoms. The fraction of sp³-hybridized carbons (Fsp3) is 0.278. The molecule has 0 aromatic heterocycles. The molecule has 2 aromatic rings. The quantitative estimate of drug-likeness (QED) is 0.850. The first-order valence-electron chi connectivity index (χ1n) is 7.26. The molecular formula is C18H22N2O. The molecule has 0 aliphatic carbocycles. The van der Waals surface area contributed by atoms with Crippen LogP contribution in [0, 0.1) is 5.92 Å². The topological polar surface area (TPSA) is 55.1 Å². The minimum Gasteiger partial charge on any atom is -0.381 e. The van der Waals surface area contributed by atoms with Crippen LogP contribution in [0.5, 0.6) is 0 Å². The second-order valence-electron chi connectivity index (χ2n) is 5.71. The van der Waals surface area contributed by atoms with Crippen molar-refractivity contribution in [3.05, 3.63) is 65.2 Å². The molecule has 0 saturated heterocycles. The molecule has 0 aliphatic rings. The summed E-state index contributed by atoms with van der Waals surface area (Å²) < 4.78 is 0. The SMILES string of the molecule is CC(C)Cc1ccc(CNc2ccc(C(N)=O)cc2)cc1. The Kier molecular flexibility index (Phi) is 4.99. The minimum absolute atomic E-state index is 0.401. The van der Waals surface area contributed by atoms with Crippen molar-refractivity contribution in [1.29, 1.82) is 0 Å². The van der Waals surface area contributed by atoms with E-state index in [0.29, 0.717) is 11.5 Å². The molecule has 0 aliphatic heterocycles. The molecule has 0 bridgehead atoms. The first kappa shape index (κ1) is 15.1. The minimum atomic E-state index is -0.401. The maximum absolute atomic E-state index is 11.0. The second-order valence-corrected chi connectivity index (χ2v) is 5.71. The summed E-state index contributed by atoms with van der Waals surface area (Å²) in [5.41, 5.74) is 9.33. The van der Waals surface area contributed by atoms with Gasteiger partial charge in [-0.1, -0.05) is 38.1 Å². The summed E-state index contributed by atoms with van der Waals surface area (Å²) in [5, 5.41) is 3.34. The van der Waals surface area contributed by atoms with Crippen molar-refractivity contribution in [2.24, 2.45) is 11.7 Å². The third-order valence-electron chi connectivity index (χ3n) is 3.33. The Hall–Kier alpha value is -2.29. The summed E-state index contributed by atoms with van der Waals surface area (Å²) in [6.07, 6.45) is 1.11. The zero-order chi connectivity index (χ0) is 15.2. The molecule has 0 unspecified atom stereocenters. The van der Waals surface area contributed by atoms with Gasteiger partial charge in [0.1, 0.15) is 0 Å². The highest BCUT2D eigenvalue weighted by Gasteiger charge is 2.01. The summed E-state index contributed by atoms with van der Waals surface area (Å²) in [4.78, 5) is 11.0. The number of hydrogen-bond donors (Lipinski definition) is 2. The van der Waals surface area contributed by atoms with Crippen molar-refractivity contribution < 1.29 is 4.79 Å². The van der Waals surface area contributed by atoms with Gasteiger partial charge in [0.05, 0.1) is 0 Å². The average molecular weight is 282 g/mol. The second kappa shape index (κ2) is 6.93. The molecule has 0 radical (unpaired) electrons. The van der Waals surface area contributed by atoms with Crippen LogP contribution in [0.15, 0.2) is 48.5 Å². The number of nitrogens with two attached hydrogens (primary N) is 1. The smallest absolute Gasteiger partial charge is 0.248 e. The standard InChI is InChI=1S/C18H22N2O/c1-13(2)11-14-3-5-15(6-4-14)12-20-17-9-7-16(8-10-17)18(19)21/h3-10,13,20H,11-12H2,1-2H3,(H2,19,21). The van der Waals surface area contributed by atoms with E-state index >= 15 is 0 Å². The van der Waals surface area contributed by atoms with E-state index in [0.717, 1.165) is 18.7 Å². The molecule has 2 aromatic carbocycles. The van der Waals surface area contributed by atoms with Crippen LogP contribution >= 0.6 is 0 Å². The molecule has 3 heteroatoms. The number of nitrogens with one attached hydrogen (secondary N) is 1. The third-order valence-corrected chi connectivity index (χ3v) is 3.33. The monoisotopic (exact) mass is 282 g/mol. The van der Waals surface area contributed by atoms with E-state index in [2.05, 4.69) is 43.4 Å². The van der Waals surface area contributed by atoms with Crippen LogP contribution < -0.4 is 11.1 Å². The Morgan fingerprint density at radius 1 is 1.00 bits per heavy atom. The maximum Gasteiger partial charge on any atom is 0.248 e. The summed E-state index contributed by atoms with van der Waals surface area (Å²) in [7, 11) is 0.